The molecule has 2 amide bonds. The van der Waals surface area contributed by atoms with Gasteiger partial charge in [-0.3, -0.25) is 9.59 Å². The van der Waals surface area contributed by atoms with Crippen LogP contribution < -0.4 is 14.2 Å². The zero-order chi connectivity index (χ0) is 27.7. The summed E-state index contributed by atoms with van der Waals surface area (Å²) in [4.78, 5) is 33.1. The predicted octanol–water partition coefficient (Wildman–Crippen LogP) is 5.59. The standard InChI is InChI=1S/C30H38N2O5S/c1-7-21(2)32(30(34)24-9-8-10-25(18-24)35-4)20-29(33)31(19-26-13-11-22(3)38-26)16-15-23-12-14-27(36-5)28(17-23)37-6/h8-14,17-18,21H,7,15-16,19-20H2,1-6H3/t21-/m1/s1. The first-order valence-corrected chi connectivity index (χ1v) is 13.6. The quantitative estimate of drug-likeness (QED) is 0.284. The van der Waals surface area contributed by atoms with Crippen molar-refractivity contribution in [2.45, 2.75) is 46.2 Å². The van der Waals surface area contributed by atoms with Crippen molar-refractivity contribution in [1.82, 2.24) is 9.80 Å². The van der Waals surface area contributed by atoms with Crippen LogP contribution in [0.2, 0.25) is 0 Å². The van der Waals surface area contributed by atoms with Crippen LogP contribution in [0.4, 0.5) is 0 Å². The number of rotatable bonds is 13. The highest BCUT2D eigenvalue weighted by molar-refractivity contribution is 7.11. The lowest BCUT2D eigenvalue weighted by Gasteiger charge is -2.31. The van der Waals surface area contributed by atoms with Gasteiger partial charge in [0.05, 0.1) is 27.9 Å². The van der Waals surface area contributed by atoms with Crippen LogP contribution in [0, 0.1) is 6.92 Å². The molecule has 7 nitrogen and oxygen atoms in total. The van der Waals surface area contributed by atoms with Gasteiger partial charge in [0.2, 0.25) is 5.91 Å². The number of nitrogens with zero attached hydrogens (tertiary/aromatic N) is 2. The molecule has 2 aromatic carbocycles. The molecule has 0 spiro atoms. The highest BCUT2D eigenvalue weighted by Crippen LogP contribution is 2.28. The molecule has 0 radical (unpaired) electrons. The fraction of sp³-hybridized carbons (Fsp3) is 0.400. The van der Waals surface area contributed by atoms with Gasteiger partial charge in [-0.1, -0.05) is 19.1 Å². The molecular weight excluding hydrogens is 500 g/mol. The van der Waals surface area contributed by atoms with E-state index in [0.29, 0.717) is 42.3 Å². The van der Waals surface area contributed by atoms with Gasteiger partial charge in [0.25, 0.3) is 5.91 Å². The van der Waals surface area contributed by atoms with Gasteiger partial charge in [0.15, 0.2) is 11.5 Å². The van der Waals surface area contributed by atoms with Gasteiger partial charge in [0.1, 0.15) is 12.3 Å². The van der Waals surface area contributed by atoms with Gasteiger partial charge in [-0.15, -0.1) is 11.3 Å². The van der Waals surface area contributed by atoms with Gasteiger partial charge < -0.3 is 24.0 Å². The van der Waals surface area contributed by atoms with E-state index < -0.39 is 0 Å². The molecular formula is C30H38N2O5S. The lowest BCUT2D eigenvalue weighted by atomic mass is 10.1. The smallest absolute Gasteiger partial charge is 0.254 e. The topological polar surface area (TPSA) is 68.3 Å². The third-order valence-electron chi connectivity index (χ3n) is 6.62. The Balaban J connectivity index is 1.83. The molecule has 38 heavy (non-hydrogen) atoms. The normalized spacial score (nSPS) is 11.5. The number of benzene rings is 2. The van der Waals surface area contributed by atoms with Gasteiger partial charge in [0, 0.05) is 27.9 Å². The summed E-state index contributed by atoms with van der Waals surface area (Å²) < 4.78 is 16.1. The molecule has 1 aromatic heterocycles. The van der Waals surface area contributed by atoms with Crippen LogP contribution >= 0.6 is 11.3 Å². The van der Waals surface area contributed by atoms with E-state index in [1.807, 2.05) is 36.9 Å². The summed E-state index contributed by atoms with van der Waals surface area (Å²) >= 11 is 1.68. The average Bonchev–Trinajstić information content (AvgIpc) is 3.36. The van der Waals surface area contributed by atoms with Crippen LogP contribution in [0.15, 0.2) is 54.6 Å². The molecule has 0 aliphatic carbocycles. The molecule has 3 rings (SSSR count). The minimum atomic E-state index is -0.182. The zero-order valence-corrected chi connectivity index (χ0v) is 24.0. The first-order valence-electron chi connectivity index (χ1n) is 12.8. The maximum Gasteiger partial charge on any atom is 0.254 e. The third-order valence-corrected chi connectivity index (χ3v) is 7.61. The minimum absolute atomic E-state index is 0.00133. The Hall–Kier alpha value is -3.52. The summed E-state index contributed by atoms with van der Waals surface area (Å²) in [6.45, 7) is 7.05. The van der Waals surface area contributed by atoms with E-state index >= 15 is 0 Å². The summed E-state index contributed by atoms with van der Waals surface area (Å²) in [6.07, 6.45) is 1.38. The van der Waals surface area contributed by atoms with Crippen LogP contribution in [0.3, 0.4) is 0 Å². The maximum absolute atomic E-state index is 13.8. The molecule has 0 saturated carbocycles. The molecule has 8 heteroatoms. The van der Waals surface area contributed by atoms with Gasteiger partial charge in [-0.05, 0) is 74.7 Å². The van der Waals surface area contributed by atoms with Crippen molar-refractivity contribution in [3.63, 3.8) is 0 Å². The second-order valence-electron chi connectivity index (χ2n) is 9.19. The van der Waals surface area contributed by atoms with E-state index in [9.17, 15) is 9.59 Å². The Bertz CT molecular complexity index is 1220. The first-order chi connectivity index (χ1) is 18.3. The number of methoxy groups -OCH3 is 3. The molecule has 0 N–H and O–H groups in total. The molecule has 3 aromatic rings. The summed E-state index contributed by atoms with van der Waals surface area (Å²) in [5, 5.41) is 0. The predicted molar refractivity (Wildman–Crippen MR) is 152 cm³/mol. The summed E-state index contributed by atoms with van der Waals surface area (Å²) in [7, 11) is 4.79. The van der Waals surface area contributed by atoms with Crippen molar-refractivity contribution in [2.75, 3.05) is 34.4 Å². The molecule has 0 aliphatic heterocycles. The number of hydrogen-bond donors (Lipinski definition) is 0. The molecule has 1 atom stereocenters. The van der Waals surface area contributed by atoms with Gasteiger partial charge >= 0.3 is 0 Å². The minimum Gasteiger partial charge on any atom is -0.497 e. The molecule has 204 valence electrons. The fourth-order valence-corrected chi connectivity index (χ4v) is 5.07. The average molecular weight is 539 g/mol. The van der Waals surface area contributed by atoms with Gasteiger partial charge in [-0.2, -0.15) is 0 Å². The second kappa shape index (κ2) is 13.9. The largest absolute Gasteiger partial charge is 0.497 e. The number of carbonyl (C=O) groups is 2. The first kappa shape index (κ1) is 29.0. The molecule has 0 unspecified atom stereocenters. The Kier molecular flexibility index (Phi) is 10.6. The van der Waals surface area contributed by atoms with Crippen LogP contribution in [-0.2, 0) is 17.8 Å². The molecule has 0 saturated heterocycles. The molecule has 0 fully saturated rings. The lowest BCUT2D eigenvalue weighted by Crippen LogP contribution is -2.46. The Morgan fingerprint density at radius 3 is 2.34 bits per heavy atom. The van der Waals surface area contributed by atoms with Crippen LogP contribution in [-0.4, -0.2) is 62.1 Å². The lowest BCUT2D eigenvalue weighted by molar-refractivity contribution is -0.132. The highest BCUT2D eigenvalue weighted by atomic mass is 32.1. The van der Waals surface area contributed by atoms with Crippen LogP contribution in [0.5, 0.6) is 17.2 Å². The van der Waals surface area contributed by atoms with Crippen molar-refractivity contribution < 1.29 is 23.8 Å². The highest BCUT2D eigenvalue weighted by Gasteiger charge is 2.26. The Morgan fingerprint density at radius 2 is 1.71 bits per heavy atom. The van der Waals surface area contributed by atoms with E-state index in [4.69, 9.17) is 14.2 Å². The number of amides is 2. The number of thiophene rings is 1. The van der Waals surface area contributed by atoms with E-state index in [1.54, 1.807) is 61.8 Å². The van der Waals surface area contributed by atoms with Crippen molar-refractivity contribution >= 4 is 23.2 Å². The van der Waals surface area contributed by atoms with Crippen molar-refractivity contribution in [1.29, 1.82) is 0 Å². The maximum atomic E-state index is 13.8. The second-order valence-corrected chi connectivity index (χ2v) is 10.6. The SMILES string of the molecule is CC[C@@H](C)N(CC(=O)N(CCc1ccc(OC)c(OC)c1)Cc1ccc(C)s1)C(=O)c1cccc(OC)c1. The zero-order valence-electron chi connectivity index (χ0n) is 23.2. The fourth-order valence-electron chi connectivity index (χ4n) is 4.17. The van der Waals surface area contributed by atoms with Crippen molar-refractivity contribution in [3.8, 4) is 17.2 Å². The van der Waals surface area contributed by atoms with E-state index in [-0.39, 0.29) is 24.4 Å². The third kappa shape index (κ3) is 7.51. The summed E-state index contributed by atoms with van der Waals surface area (Å²) in [5.41, 5.74) is 1.54. The van der Waals surface area contributed by atoms with Crippen LogP contribution in [0.1, 0.15) is 45.9 Å². The van der Waals surface area contributed by atoms with E-state index in [2.05, 4.69) is 19.1 Å². The van der Waals surface area contributed by atoms with Crippen LogP contribution in [0.25, 0.3) is 0 Å². The molecule has 1 heterocycles. The number of hydrogen-bond acceptors (Lipinski definition) is 6. The number of ether oxygens (including phenoxy) is 3. The monoisotopic (exact) mass is 538 g/mol. The van der Waals surface area contributed by atoms with Gasteiger partial charge in [-0.25, -0.2) is 0 Å². The molecule has 0 aliphatic rings. The van der Waals surface area contributed by atoms with E-state index in [1.165, 1.54) is 4.88 Å². The van der Waals surface area contributed by atoms with Crippen molar-refractivity contribution in [2.24, 2.45) is 0 Å². The van der Waals surface area contributed by atoms with Crippen molar-refractivity contribution in [3.05, 3.63) is 75.5 Å². The Labute approximate surface area is 229 Å². The number of aryl methyl sites for hydroxylation is 1. The summed E-state index contributed by atoms with van der Waals surface area (Å²) in [6, 6.07) is 16.9. The van der Waals surface area contributed by atoms with E-state index in [0.717, 1.165) is 16.9 Å². The number of carbonyl (C=O) groups excluding carboxylic acids is 2. The Morgan fingerprint density at radius 1 is 0.947 bits per heavy atom. The summed E-state index contributed by atoms with van der Waals surface area (Å²) in [5.74, 6) is 1.66. The molecule has 0 bridgehead atoms.